The second-order valence-corrected chi connectivity index (χ2v) is 5.35. The number of nitrogens with zero attached hydrogens (tertiary/aromatic N) is 3. The van der Waals surface area contributed by atoms with E-state index in [2.05, 4.69) is 26.1 Å². The van der Waals surface area contributed by atoms with Crippen LogP contribution in [0.4, 0.5) is 0 Å². The molecule has 2 aromatic carbocycles. The van der Waals surface area contributed by atoms with Crippen molar-refractivity contribution in [3.8, 4) is 17.1 Å². The van der Waals surface area contributed by atoms with Crippen molar-refractivity contribution >= 4 is 27.5 Å². The van der Waals surface area contributed by atoms with Gasteiger partial charge in [0.2, 0.25) is 0 Å². The summed E-state index contributed by atoms with van der Waals surface area (Å²) in [6.07, 6.45) is 0. The number of alkyl halides is 1. The Morgan fingerprint density at radius 1 is 0.950 bits per heavy atom. The fourth-order valence-electron chi connectivity index (χ4n) is 2.07. The number of halogens is 2. The van der Waals surface area contributed by atoms with Crippen LogP contribution < -0.4 is 0 Å². The van der Waals surface area contributed by atoms with Crippen LogP contribution in [0, 0.1) is 0 Å². The molecule has 0 fully saturated rings. The number of aromatic nitrogens is 3. The largest absolute Gasteiger partial charge is 0.278 e. The molecule has 3 aromatic rings. The van der Waals surface area contributed by atoms with Gasteiger partial charge in [-0.3, -0.25) is 4.57 Å². The molecule has 0 amide bonds. The van der Waals surface area contributed by atoms with E-state index >= 15 is 0 Å². The van der Waals surface area contributed by atoms with E-state index in [9.17, 15) is 0 Å². The summed E-state index contributed by atoms with van der Waals surface area (Å²) in [5.74, 6) is 1.81. The van der Waals surface area contributed by atoms with Crippen molar-refractivity contribution < 1.29 is 0 Å². The summed E-state index contributed by atoms with van der Waals surface area (Å²) in [4.78, 5) is 0. The van der Waals surface area contributed by atoms with Gasteiger partial charge in [-0.2, -0.15) is 0 Å². The lowest BCUT2D eigenvalue weighted by Crippen LogP contribution is -2.01. The van der Waals surface area contributed by atoms with Crippen molar-refractivity contribution in [3.05, 3.63) is 64.9 Å². The van der Waals surface area contributed by atoms with E-state index in [-0.39, 0.29) is 0 Å². The molecule has 1 aromatic heterocycles. The predicted octanol–water partition coefficient (Wildman–Crippen LogP) is 4.44. The lowest BCUT2D eigenvalue weighted by atomic mass is 10.2. The first kappa shape index (κ1) is 13.3. The van der Waals surface area contributed by atoms with Crippen molar-refractivity contribution in [2.75, 3.05) is 0 Å². The fraction of sp³-hybridized carbons (Fsp3) is 0.0667. The molecule has 0 bridgehead atoms. The van der Waals surface area contributed by atoms with E-state index in [1.165, 1.54) is 0 Å². The molecule has 0 spiro atoms. The van der Waals surface area contributed by atoms with Gasteiger partial charge in [0.25, 0.3) is 0 Å². The maximum atomic E-state index is 5.99. The Morgan fingerprint density at radius 3 is 2.35 bits per heavy atom. The molecular weight excluding hydrogens is 338 g/mol. The summed E-state index contributed by atoms with van der Waals surface area (Å²) in [6.45, 7) is 0. The molecule has 0 N–H and O–H groups in total. The van der Waals surface area contributed by atoms with E-state index in [1.807, 2.05) is 59.2 Å². The number of hydrogen-bond acceptors (Lipinski definition) is 2. The van der Waals surface area contributed by atoms with Crippen LogP contribution in [0.25, 0.3) is 17.1 Å². The average Bonchev–Trinajstić information content (AvgIpc) is 2.92. The van der Waals surface area contributed by atoms with Crippen LogP contribution in [-0.2, 0) is 5.88 Å². The van der Waals surface area contributed by atoms with E-state index in [0.29, 0.717) is 5.88 Å². The predicted molar refractivity (Wildman–Crippen MR) is 84.1 cm³/mol. The highest BCUT2D eigenvalue weighted by atomic mass is 79.9. The van der Waals surface area contributed by atoms with Gasteiger partial charge in [-0.15, -0.1) is 21.8 Å². The second kappa shape index (κ2) is 5.77. The van der Waals surface area contributed by atoms with Gasteiger partial charge in [0.05, 0.1) is 5.88 Å². The molecule has 1 heterocycles. The molecule has 0 unspecified atom stereocenters. The molecule has 0 radical (unpaired) electrons. The van der Waals surface area contributed by atoms with Crippen molar-refractivity contribution in [3.63, 3.8) is 0 Å². The van der Waals surface area contributed by atoms with E-state index in [4.69, 9.17) is 11.6 Å². The molecule has 0 aliphatic heterocycles. The summed E-state index contributed by atoms with van der Waals surface area (Å²) in [5, 5.41) is 8.48. The summed E-state index contributed by atoms with van der Waals surface area (Å²) >= 11 is 9.54. The van der Waals surface area contributed by atoms with Gasteiger partial charge in [-0.1, -0.05) is 52.3 Å². The van der Waals surface area contributed by atoms with Crippen molar-refractivity contribution in [1.82, 2.24) is 14.8 Å². The third-order valence-electron chi connectivity index (χ3n) is 2.98. The minimum Gasteiger partial charge on any atom is -0.278 e. The third kappa shape index (κ3) is 2.37. The first-order valence-electron chi connectivity index (χ1n) is 6.12. The van der Waals surface area contributed by atoms with Crippen molar-refractivity contribution in [2.24, 2.45) is 0 Å². The van der Waals surface area contributed by atoms with Crippen LogP contribution in [0.1, 0.15) is 5.82 Å². The summed E-state index contributed by atoms with van der Waals surface area (Å²) in [6, 6.07) is 17.9. The molecule has 0 atom stereocenters. The van der Waals surface area contributed by atoms with Crippen LogP contribution in [0.3, 0.4) is 0 Å². The average molecular weight is 349 g/mol. The molecular formula is C15H11BrClN3. The van der Waals surface area contributed by atoms with Gasteiger partial charge in [0.15, 0.2) is 11.6 Å². The highest BCUT2D eigenvalue weighted by Crippen LogP contribution is 2.29. The molecule has 0 saturated carbocycles. The first-order chi connectivity index (χ1) is 9.81. The molecule has 5 heteroatoms. The van der Waals surface area contributed by atoms with Gasteiger partial charge in [0, 0.05) is 15.7 Å². The maximum Gasteiger partial charge on any atom is 0.169 e. The Morgan fingerprint density at radius 2 is 1.65 bits per heavy atom. The number of hydrogen-bond donors (Lipinski definition) is 0. The first-order valence-corrected chi connectivity index (χ1v) is 7.44. The normalized spacial score (nSPS) is 10.7. The molecule has 0 aliphatic rings. The van der Waals surface area contributed by atoms with Gasteiger partial charge < -0.3 is 0 Å². The Hall–Kier alpha value is -1.65. The Labute approximate surface area is 130 Å². The molecule has 100 valence electrons. The van der Waals surface area contributed by atoms with Gasteiger partial charge >= 0.3 is 0 Å². The number of rotatable bonds is 3. The minimum absolute atomic E-state index is 0.312. The van der Waals surface area contributed by atoms with Gasteiger partial charge in [0.1, 0.15) is 0 Å². The Bertz CT molecular complexity index is 725. The fourth-order valence-corrected chi connectivity index (χ4v) is 2.70. The Kier molecular flexibility index (Phi) is 3.85. The van der Waals surface area contributed by atoms with Crippen molar-refractivity contribution in [1.29, 1.82) is 0 Å². The molecule has 0 saturated heterocycles. The Balaban J connectivity index is 2.24. The van der Waals surface area contributed by atoms with Crippen LogP contribution in [-0.4, -0.2) is 14.8 Å². The number of para-hydroxylation sites is 1. The number of benzene rings is 2. The van der Waals surface area contributed by atoms with Crippen LogP contribution in [0.5, 0.6) is 0 Å². The second-order valence-electron chi connectivity index (χ2n) is 4.22. The standard InChI is InChI=1S/C15H11BrClN3/c16-13-9-5-4-8-12(13)15-19-18-14(10-17)20(15)11-6-2-1-3-7-11/h1-9H,10H2. The maximum absolute atomic E-state index is 5.99. The molecule has 0 aliphatic carbocycles. The van der Waals surface area contributed by atoms with E-state index in [1.54, 1.807) is 0 Å². The summed E-state index contributed by atoms with van der Waals surface area (Å²) in [7, 11) is 0. The molecule has 3 rings (SSSR count). The quantitative estimate of drug-likeness (QED) is 0.655. The third-order valence-corrected chi connectivity index (χ3v) is 3.91. The van der Waals surface area contributed by atoms with E-state index < -0.39 is 0 Å². The highest BCUT2D eigenvalue weighted by Gasteiger charge is 2.16. The molecule has 3 nitrogen and oxygen atoms in total. The van der Waals surface area contributed by atoms with E-state index in [0.717, 1.165) is 27.4 Å². The van der Waals surface area contributed by atoms with Crippen LogP contribution in [0.2, 0.25) is 0 Å². The zero-order valence-corrected chi connectivity index (χ0v) is 12.8. The van der Waals surface area contributed by atoms with Gasteiger partial charge in [-0.05, 0) is 18.2 Å². The monoisotopic (exact) mass is 347 g/mol. The smallest absolute Gasteiger partial charge is 0.169 e. The van der Waals surface area contributed by atoms with Crippen LogP contribution >= 0.6 is 27.5 Å². The van der Waals surface area contributed by atoms with Crippen LogP contribution in [0.15, 0.2) is 59.1 Å². The van der Waals surface area contributed by atoms with Gasteiger partial charge in [-0.25, -0.2) is 0 Å². The van der Waals surface area contributed by atoms with Crippen molar-refractivity contribution in [2.45, 2.75) is 5.88 Å². The minimum atomic E-state index is 0.312. The lowest BCUT2D eigenvalue weighted by Gasteiger charge is -2.10. The molecule has 20 heavy (non-hydrogen) atoms. The zero-order chi connectivity index (χ0) is 13.9. The summed E-state index contributed by atoms with van der Waals surface area (Å²) < 4.78 is 2.96. The topological polar surface area (TPSA) is 30.7 Å². The zero-order valence-electron chi connectivity index (χ0n) is 10.5. The highest BCUT2D eigenvalue weighted by molar-refractivity contribution is 9.10. The lowest BCUT2D eigenvalue weighted by molar-refractivity contribution is 0.953. The summed E-state index contributed by atoms with van der Waals surface area (Å²) in [5.41, 5.74) is 1.99. The SMILES string of the molecule is ClCc1nnc(-c2ccccc2Br)n1-c1ccccc1.